The molecule has 0 aliphatic heterocycles. The molecule has 0 aromatic heterocycles. The number of carbonyl (C=O) groups is 2. The molecule has 0 atom stereocenters. The summed E-state index contributed by atoms with van der Waals surface area (Å²) in [5.41, 5.74) is 1.00. The van der Waals surface area contributed by atoms with Crippen LogP contribution in [0.2, 0.25) is 5.02 Å². The third-order valence-electron chi connectivity index (χ3n) is 2.54. The number of esters is 1. The summed E-state index contributed by atoms with van der Waals surface area (Å²) in [6, 6.07) is 13.6. The second-order valence-corrected chi connectivity index (χ2v) is 5.82. The molecule has 0 saturated carbocycles. The highest BCUT2D eigenvalue weighted by Crippen LogP contribution is 2.13. The lowest BCUT2D eigenvalue weighted by molar-refractivity contribution is -0.119. The first-order valence-electron chi connectivity index (χ1n) is 6.03. The lowest BCUT2D eigenvalue weighted by atomic mass is 10.2. The minimum Gasteiger partial charge on any atom is -0.452 e. The van der Waals surface area contributed by atoms with Gasteiger partial charge in [-0.15, -0.1) is 0 Å². The van der Waals surface area contributed by atoms with E-state index in [1.54, 1.807) is 48.5 Å². The highest BCUT2D eigenvalue weighted by atomic mass is 127. The molecule has 2 aromatic carbocycles. The number of hydrogen-bond acceptors (Lipinski definition) is 3. The molecule has 1 N–H and O–H groups in total. The zero-order chi connectivity index (χ0) is 15.2. The summed E-state index contributed by atoms with van der Waals surface area (Å²) in [5.74, 6) is -0.936. The van der Waals surface area contributed by atoms with Crippen LogP contribution in [-0.2, 0) is 9.53 Å². The highest BCUT2D eigenvalue weighted by Gasteiger charge is 2.10. The van der Waals surface area contributed by atoms with Crippen LogP contribution in [0.3, 0.4) is 0 Å². The van der Waals surface area contributed by atoms with Crippen LogP contribution in [-0.4, -0.2) is 18.5 Å². The molecule has 2 aromatic rings. The van der Waals surface area contributed by atoms with Gasteiger partial charge in [0.05, 0.1) is 5.56 Å². The Hall–Kier alpha value is -1.60. The summed E-state index contributed by atoms with van der Waals surface area (Å²) in [6.07, 6.45) is 0. The Morgan fingerprint density at radius 1 is 1.05 bits per heavy atom. The van der Waals surface area contributed by atoms with Crippen molar-refractivity contribution in [1.29, 1.82) is 0 Å². The van der Waals surface area contributed by atoms with E-state index in [-0.39, 0.29) is 6.61 Å². The fraction of sp³-hybridized carbons (Fsp3) is 0.0667. The van der Waals surface area contributed by atoms with E-state index in [0.29, 0.717) is 16.3 Å². The third-order valence-corrected chi connectivity index (χ3v) is 3.51. The Morgan fingerprint density at radius 2 is 1.67 bits per heavy atom. The summed E-state index contributed by atoms with van der Waals surface area (Å²) in [6.45, 7) is -0.340. The molecule has 0 heterocycles. The molecule has 1 amide bonds. The Labute approximate surface area is 140 Å². The minimum absolute atomic E-state index is 0.340. The molecule has 0 radical (unpaired) electrons. The number of halogens is 2. The molecule has 0 unspecified atom stereocenters. The molecule has 6 heteroatoms. The second kappa shape index (κ2) is 7.42. The summed E-state index contributed by atoms with van der Waals surface area (Å²) < 4.78 is 5.96. The fourth-order valence-corrected chi connectivity index (χ4v) is 2.02. The van der Waals surface area contributed by atoms with Crippen LogP contribution in [0.1, 0.15) is 10.4 Å². The number of carbonyl (C=O) groups excluding carboxylic acids is 2. The fourth-order valence-electron chi connectivity index (χ4n) is 1.53. The van der Waals surface area contributed by atoms with E-state index in [4.69, 9.17) is 16.3 Å². The Morgan fingerprint density at radius 3 is 2.29 bits per heavy atom. The van der Waals surface area contributed by atoms with Gasteiger partial charge in [-0.1, -0.05) is 11.6 Å². The smallest absolute Gasteiger partial charge is 0.338 e. The van der Waals surface area contributed by atoms with E-state index in [1.807, 2.05) is 0 Å². The molecular formula is C15H11ClINO3. The van der Waals surface area contributed by atoms with Gasteiger partial charge >= 0.3 is 5.97 Å². The van der Waals surface area contributed by atoms with Crippen molar-refractivity contribution >= 4 is 51.8 Å². The zero-order valence-corrected chi connectivity index (χ0v) is 13.7. The van der Waals surface area contributed by atoms with Crippen LogP contribution < -0.4 is 5.32 Å². The van der Waals surface area contributed by atoms with Crippen LogP contribution in [0.25, 0.3) is 0 Å². The van der Waals surface area contributed by atoms with Gasteiger partial charge in [0.25, 0.3) is 5.91 Å². The minimum atomic E-state index is -0.530. The molecule has 108 valence electrons. The van der Waals surface area contributed by atoms with Gasteiger partial charge < -0.3 is 10.1 Å². The molecule has 0 saturated heterocycles. The molecule has 0 fully saturated rings. The van der Waals surface area contributed by atoms with Gasteiger partial charge in [-0.2, -0.15) is 0 Å². The zero-order valence-electron chi connectivity index (χ0n) is 10.8. The van der Waals surface area contributed by atoms with Gasteiger partial charge in [0.2, 0.25) is 0 Å². The first kappa shape index (κ1) is 15.8. The number of benzene rings is 2. The van der Waals surface area contributed by atoms with Crippen LogP contribution >= 0.6 is 34.2 Å². The van der Waals surface area contributed by atoms with Crippen molar-refractivity contribution < 1.29 is 14.3 Å². The molecule has 0 spiro atoms. The predicted molar refractivity (Wildman–Crippen MR) is 89.5 cm³/mol. The monoisotopic (exact) mass is 415 g/mol. The molecule has 0 aliphatic rings. The van der Waals surface area contributed by atoms with E-state index >= 15 is 0 Å². The molecule has 4 nitrogen and oxygen atoms in total. The number of rotatable bonds is 4. The maximum Gasteiger partial charge on any atom is 0.338 e. The van der Waals surface area contributed by atoms with Crippen LogP contribution in [0, 0.1) is 3.57 Å². The molecular weight excluding hydrogens is 405 g/mol. The van der Waals surface area contributed by atoms with Crippen molar-refractivity contribution in [2.24, 2.45) is 0 Å². The van der Waals surface area contributed by atoms with Crippen LogP contribution in [0.5, 0.6) is 0 Å². The van der Waals surface area contributed by atoms with Crippen molar-refractivity contribution in [1.82, 2.24) is 0 Å². The van der Waals surface area contributed by atoms with Gasteiger partial charge in [-0.25, -0.2) is 4.79 Å². The normalized spacial score (nSPS) is 10.0. The maximum atomic E-state index is 11.7. The molecule has 2 rings (SSSR count). The standard InChI is InChI=1S/C15H11ClINO3/c16-11-3-7-13(8-4-11)18-14(19)9-21-15(20)10-1-5-12(17)6-2-10/h1-8H,9H2,(H,18,19). The Kier molecular flexibility index (Phi) is 5.58. The lowest BCUT2D eigenvalue weighted by Crippen LogP contribution is -2.20. The van der Waals surface area contributed by atoms with Crippen LogP contribution in [0.4, 0.5) is 5.69 Å². The SMILES string of the molecule is O=C(COC(=O)c1ccc(I)cc1)Nc1ccc(Cl)cc1. The van der Waals surface area contributed by atoms with E-state index in [0.717, 1.165) is 3.57 Å². The van der Waals surface area contributed by atoms with Gasteiger partial charge in [0.15, 0.2) is 6.61 Å². The van der Waals surface area contributed by atoms with E-state index in [9.17, 15) is 9.59 Å². The summed E-state index contributed by atoms with van der Waals surface area (Å²) in [4.78, 5) is 23.4. The number of amides is 1. The van der Waals surface area contributed by atoms with Crippen molar-refractivity contribution in [3.05, 3.63) is 62.7 Å². The van der Waals surface area contributed by atoms with Gasteiger partial charge in [-0.3, -0.25) is 4.79 Å². The number of ether oxygens (including phenoxy) is 1. The average molecular weight is 416 g/mol. The second-order valence-electron chi connectivity index (χ2n) is 4.14. The van der Waals surface area contributed by atoms with Crippen molar-refractivity contribution in [3.63, 3.8) is 0 Å². The first-order chi connectivity index (χ1) is 10.0. The average Bonchev–Trinajstić information content (AvgIpc) is 2.48. The largest absolute Gasteiger partial charge is 0.452 e. The summed E-state index contributed by atoms with van der Waals surface area (Å²) >= 11 is 7.89. The third kappa shape index (κ3) is 5.02. The topological polar surface area (TPSA) is 55.4 Å². The lowest BCUT2D eigenvalue weighted by Gasteiger charge is -2.06. The quantitative estimate of drug-likeness (QED) is 0.611. The Balaban J connectivity index is 1.84. The summed E-state index contributed by atoms with van der Waals surface area (Å²) in [7, 11) is 0. The van der Waals surface area contributed by atoms with Crippen LogP contribution in [0.15, 0.2) is 48.5 Å². The summed E-state index contributed by atoms with van der Waals surface area (Å²) in [5, 5.41) is 3.19. The van der Waals surface area contributed by atoms with Gasteiger partial charge in [0.1, 0.15) is 0 Å². The van der Waals surface area contributed by atoms with Gasteiger partial charge in [-0.05, 0) is 71.1 Å². The number of anilines is 1. The van der Waals surface area contributed by atoms with Crippen molar-refractivity contribution in [2.75, 3.05) is 11.9 Å². The van der Waals surface area contributed by atoms with E-state index < -0.39 is 11.9 Å². The van der Waals surface area contributed by atoms with Gasteiger partial charge in [0, 0.05) is 14.3 Å². The maximum absolute atomic E-state index is 11.7. The Bertz CT molecular complexity index is 641. The predicted octanol–water partition coefficient (Wildman–Crippen LogP) is 3.74. The highest BCUT2D eigenvalue weighted by molar-refractivity contribution is 14.1. The number of nitrogens with one attached hydrogen (secondary N) is 1. The van der Waals surface area contributed by atoms with Crippen molar-refractivity contribution in [3.8, 4) is 0 Å². The molecule has 0 aliphatic carbocycles. The van der Waals surface area contributed by atoms with E-state index in [2.05, 4.69) is 27.9 Å². The molecule has 0 bridgehead atoms. The number of hydrogen-bond donors (Lipinski definition) is 1. The molecule has 21 heavy (non-hydrogen) atoms. The van der Waals surface area contributed by atoms with Crippen molar-refractivity contribution in [2.45, 2.75) is 0 Å². The van der Waals surface area contributed by atoms with E-state index in [1.165, 1.54) is 0 Å². The first-order valence-corrected chi connectivity index (χ1v) is 7.48.